The molecule has 1 aliphatic heterocycles. The maximum absolute atomic E-state index is 11.8. The first-order valence-electron chi connectivity index (χ1n) is 7.41. The van der Waals surface area contributed by atoms with Crippen molar-refractivity contribution in [2.24, 2.45) is 0 Å². The minimum absolute atomic E-state index is 0.0351. The molecule has 2 amide bonds. The predicted octanol–water partition coefficient (Wildman–Crippen LogP) is 0.235. The van der Waals surface area contributed by atoms with Crippen LogP contribution in [-0.2, 0) is 6.54 Å². The van der Waals surface area contributed by atoms with Gasteiger partial charge in [-0.1, -0.05) is 0 Å². The zero-order valence-corrected chi connectivity index (χ0v) is 13.1. The van der Waals surface area contributed by atoms with E-state index in [4.69, 9.17) is 0 Å². The summed E-state index contributed by atoms with van der Waals surface area (Å²) in [6.45, 7) is 9.68. The fourth-order valence-corrected chi connectivity index (χ4v) is 2.44. The molecule has 7 heteroatoms. The highest BCUT2D eigenvalue weighted by molar-refractivity contribution is 5.73. The Hall–Kier alpha value is -1.60. The molecule has 1 saturated heterocycles. The van der Waals surface area contributed by atoms with Gasteiger partial charge in [-0.25, -0.2) is 4.79 Å². The molecule has 0 saturated carbocycles. The monoisotopic (exact) mass is 294 g/mol. The number of nitrogens with zero attached hydrogens (tertiary/aromatic N) is 3. The summed E-state index contributed by atoms with van der Waals surface area (Å²) in [5.41, 5.74) is 0.857. The normalized spacial score (nSPS) is 17.7. The molecule has 7 nitrogen and oxygen atoms in total. The molecule has 1 aromatic heterocycles. The lowest BCUT2D eigenvalue weighted by atomic mass is 10.0. The molecule has 21 heavy (non-hydrogen) atoms. The van der Waals surface area contributed by atoms with Crippen LogP contribution in [0.4, 0.5) is 4.79 Å². The Morgan fingerprint density at radius 1 is 1.33 bits per heavy atom. The third-order valence-electron chi connectivity index (χ3n) is 4.04. The Labute approximate surface area is 126 Å². The molecule has 1 aromatic rings. The summed E-state index contributed by atoms with van der Waals surface area (Å²) in [5, 5.41) is 12.4. The number of carbonyl (C=O) groups excluding carboxylic acids is 1. The van der Waals surface area contributed by atoms with Gasteiger partial charge in [-0.15, -0.1) is 0 Å². The molecule has 0 spiro atoms. The van der Waals surface area contributed by atoms with Crippen molar-refractivity contribution in [1.82, 2.24) is 30.6 Å². The highest BCUT2D eigenvalue weighted by Crippen LogP contribution is 2.15. The lowest BCUT2D eigenvalue weighted by Gasteiger charge is -2.43. The molecule has 1 fully saturated rings. The first-order chi connectivity index (χ1) is 9.97. The molecule has 1 aliphatic rings. The van der Waals surface area contributed by atoms with Crippen molar-refractivity contribution in [3.05, 3.63) is 18.0 Å². The van der Waals surface area contributed by atoms with E-state index in [1.807, 2.05) is 6.07 Å². The molecule has 0 aliphatic carbocycles. The number of likely N-dealkylation sites (N-methyl/N-ethyl adjacent to an activating group) is 1. The number of nitrogens with one attached hydrogen (secondary N) is 3. The number of urea groups is 1. The zero-order chi connectivity index (χ0) is 15.3. The minimum Gasteiger partial charge on any atom is -0.336 e. The van der Waals surface area contributed by atoms with Crippen LogP contribution in [0.15, 0.2) is 12.3 Å². The second kappa shape index (κ2) is 6.91. The largest absolute Gasteiger partial charge is 0.336 e. The predicted molar refractivity (Wildman–Crippen MR) is 82.0 cm³/mol. The summed E-state index contributed by atoms with van der Waals surface area (Å²) < 4.78 is 0. The number of H-pyrrole nitrogens is 1. The molecule has 3 N–H and O–H groups in total. The SMILES string of the molecule is CN1CCN(C(C)(C)CNC(=O)NCc2ccn[nH]2)CC1. The standard InChI is InChI=1S/C14H26N6O/c1-14(2,20-8-6-19(3)7-9-20)11-16-13(21)15-10-12-4-5-17-18-12/h4-5H,6-11H2,1-3H3,(H,17,18)(H2,15,16,21). The maximum Gasteiger partial charge on any atom is 0.315 e. The third kappa shape index (κ3) is 4.71. The Kier molecular flexibility index (Phi) is 5.19. The van der Waals surface area contributed by atoms with Crippen molar-refractivity contribution in [2.75, 3.05) is 39.8 Å². The number of carbonyl (C=O) groups is 1. The van der Waals surface area contributed by atoms with Gasteiger partial charge in [0, 0.05) is 44.5 Å². The molecule has 0 bridgehead atoms. The molecule has 2 heterocycles. The van der Waals surface area contributed by atoms with Crippen molar-refractivity contribution in [3.63, 3.8) is 0 Å². The van der Waals surface area contributed by atoms with Crippen LogP contribution in [0.25, 0.3) is 0 Å². The average Bonchev–Trinajstić information content (AvgIpc) is 2.97. The van der Waals surface area contributed by atoms with Crippen molar-refractivity contribution >= 4 is 6.03 Å². The van der Waals surface area contributed by atoms with E-state index in [2.05, 4.69) is 51.5 Å². The van der Waals surface area contributed by atoms with Gasteiger partial charge in [0.1, 0.15) is 0 Å². The van der Waals surface area contributed by atoms with Gasteiger partial charge in [0.25, 0.3) is 0 Å². The lowest BCUT2D eigenvalue weighted by Crippen LogP contribution is -2.58. The second-order valence-corrected chi connectivity index (χ2v) is 6.22. The quantitative estimate of drug-likeness (QED) is 0.727. The number of aromatic amines is 1. The summed E-state index contributed by atoms with van der Waals surface area (Å²) in [4.78, 5) is 16.6. The van der Waals surface area contributed by atoms with Crippen LogP contribution in [-0.4, -0.2) is 71.3 Å². The fraction of sp³-hybridized carbons (Fsp3) is 0.714. The number of hydrogen-bond acceptors (Lipinski definition) is 4. The van der Waals surface area contributed by atoms with E-state index in [0.717, 1.165) is 31.9 Å². The highest BCUT2D eigenvalue weighted by atomic mass is 16.2. The van der Waals surface area contributed by atoms with E-state index >= 15 is 0 Å². The van der Waals surface area contributed by atoms with Crippen molar-refractivity contribution in [2.45, 2.75) is 25.9 Å². The maximum atomic E-state index is 11.8. The summed E-state index contributed by atoms with van der Waals surface area (Å²) in [6.07, 6.45) is 1.67. The van der Waals surface area contributed by atoms with Crippen LogP contribution < -0.4 is 10.6 Å². The molecular weight excluding hydrogens is 268 g/mol. The van der Waals surface area contributed by atoms with Crippen molar-refractivity contribution in [1.29, 1.82) is 0 Å². The summed E-state index contributed by atoms with van der Waals surface area (Å²) >= 11 is 0. The summed E-state index contributed by atoms with van der Waals surface area (Å²) in [6, 6.07) is 1.70. The van der Waals surface area contributed by atoms with Crippen molar-refractivity contribution in [3.8, 4) is 0 Å². The number of aromatic nitrogens is 2. The number of amides is 2. The van der Waals surface area contributed by atoms with Gasteiger partial charge in [-0.2, -0.15) is 5.10 Å². The van der Waals surface area contributed by atoms with Crippen molar-refractivity contribution < 1.29 is 4.79 Å². The molecule has 0 atom stereocenters. The van der Waals surface area contributed by atoms with Gasteiger partial charge in [0.05, 0.1) is 12.2 Å². The van der Waals surface area contributed by atoms with Gasteiger partial charge < -0.3 is 15.5 Å². The van der Waals surface area contributed by atoms with E-state index in [-0.39, 0.29) is 11.6 Å². The molecule has 0 radical (unpaired) electrons. The van der Waals surface area contributed by atoms with E-state index in [1.54, 1.807) is 6.20 Å². The number of piperazine rings is 1. The first kappa shape index (κ1) is 15.8. The van der Waals surface area contributed by atoms with Gasteiger partial charge in [0.15, 0.2) is 0 Å². The third-order valence-corrected chi connectivity index (χ3v) is 4.04. The van der Waals surface area contributed by atoms with Crippen LogP contribution in [0.3, 0.4) is 0 Å². The molecular formula is C14H26N6O. The molecule has 118 valence electrons. The van der Waals surface area contributed by atoms with E-state index in [9.17, 15) is 4.79 Å². The van der Waals surface area contributed by atoms with Gasteiger partial charge in [-0.3, -0.25) is 10.00 Å². The van der Waals surface area contributed by atoms with E-state index in [1.165, 1.54) is 0 Å². The number of rotatable bonds is 5. The lowest BCUT2D eigenvalue weighted by molar-refractivity contribution is 0.0633. The van der Waals surface area contributed by atoms with E-state index < -0.39 is 0 Å². The van der Waals surface area contributed by atoms with Gasteiger partial charge >= 0.3 is 6.03 Å². The molecule has 0 unspecified atom stereocenters. The van der Waals surface area contributed by atoms with Gasteiger partial charge in [0.2, 0.25) is 0 Å². The number of hydrogen-bond donors (Lipinski definition) is 3. The van der Waals surface area contributed by atoms with Crippen LogP contribution in [0, 0.1) is 0 Å². The van der Waals surface area contributed by atoms with Crippen LogP contribution >= 0.6 is 0 Å². The topological polar surface area (TPSA) is 76.3 Å². The Bertz CT molecular complexity index is 436. The minimum atomic E-state index is -0.146. The first-order valence-corrected chi connectivity index (χ1v) is 7.41. The van der Waals surface area contributed by atoms with Crippen LogP contribution in [0.1, 0.15) is 19.5 Å². The average molecular weight is 294 g/mol. The zero-order valence-electron chi connectivity index (χ0n) is 13.1. The Balaban J connectivity index is 1.71. The smallest absolute Gasteiger partial charge is 0.315 e. The van der Waals surface area contributed by atoms with E-state index in [0.29, 0.717) is 13.1 Å². The molecule has 2 rings (SSSR count). The van der Waals surface area contributed by atoms with Gasteiger partial charge in [-0.05, 0) is 27.0 Å². The fourth-order valence-electron chi connectivity index (χ4n) is 2.44. The Morgan fingerprint density at radius 3 is 2.67 bits per heavy atom. The van der Waals surface area contributed by atoms with Crippen LogP contribution in [0.2, 0.25) is 0 Å². The second-order valence-electron chi connectivity index (χ2n) is 6.22. The van der Waals surface area contributed by atoms with Crippen LogP contribution in [0.5, 0.6) is 0 Å². The Morgan fingerprint density at radius 2 is 2.05 bits per heavy atom. The summed E-state index contributed by atoms with van der Waals surface area (Å²) in [5.74, 6) is 0. The molecule has 0 aromatic carbocycles. The highest BCUT2D eigenvalue weighted by Gasteiger charge is 2.29. The summed E-state index contributed by atoms with van der Waals surface area (Å²) in [7, 11) is 2.14.